The normalized spacial score (nSPS) is 9.83. The number of anilines is 2. The number of hydrogen-bond acceptors (Lipinski definition) is 2. The quantitative estimate of drug-likeness (QED) is 0.634. The molecule has 24 heavy (non-hydrogen) atoms. The van der Waals surface area contributed by atoms with Gasteiger partial charge in [-0.25, -0.2) is 0 Å². The van der Waals surface area contributed by atoms with E-state index in [-0.39, 0.29) is 12.4 Å². The van der Waals surface area contributed by atoms with Crippen LogP contribution in [0.25, 0.3) is 0 Å². The topological polar surface area (TPSA) is 15.3 Å². The predicted molar refractivity (Wildman–Crippen MR) is 106 cm³/mol. The molecule has 0 saturated heterocycles. The lowest BCUT2D eigenvalue weighted by Crippen LogP contribution is -2.28. The van der Waals surface area contributed by atoms with Crippen molar-refractivity contribution in [2.45, 2.75) is 6.54 Å². The standard InChI is InChI=1S/C21H22N2.ClH/c1-4-10-19(11-5-1)18-23(21-14-8-3-9-15-21)17-16-22-20-12-6-2-7-13-20;/h1-15,22H,16-18H2;1H. The summed E-state index contributed by atoms with van der Waals surface area (Å²) < 4.78 is 0. The molecule has 3 aromatic carbocycles. The zero-order valence-electron chi connectivity index (χ0n) is 13.6. The molecule has 1 N–H and O–H groups in total. The molecule has 0 aliphatic heterocycles. The van der Waals surface area contributed by atoms with E-state index in [1.54, 1.807) is 0 Å². The van der Waals surface area contributed by atoms with E-state index in [1.807, 2.05) is 6.07 Å². The maximum absolute atomic E-state index is 3.49. The van der Waals surface area contributed by atoms with Gasteiger partial charge in [-0.05, 0) is 29.8 Å². The SMILES string of the molecule is Cl.c1ccc(CN(CCNc2ccccc2)c2ccccc2)cc1. The highest BCUT2D eigenvalue weighted by Crippen LogP contribution is 2.16. The van der Waals surface area contributed by atoms with Gasteiger partial charge in [0.15, 0.2) is 0 Å². The third-order valence-corrected chi connectivity index (χ3v) is 3.82. The number of para-hydroxylation sites is 2. The smallest absolute Gasteiger partial charge is 0.0430 e. The molecule has 0 bridgehead atoms. The van der Waals surface area contributed by atoms with Gasteiger partial charge in [0, 0.05) is 31.0 Å². The van der Waals surface area contributed by atoms with Crippen molar-refractivity contribution >= 4 is 23.8 Å². The summed E-state index contributed by atoms with van der Waals surface area (Å²) in [6.07, 6.45) is 0. The second-order valence-corrected chi connectivity index (χ2v) is 5.54. The highest BCUT2D eigenvalue weighted by Gasteiger charge is 2.06. The molecule has 0 saturated carbocycles. The molecular formula is C21H23ClN2. The molecule has 3 aromatic rings. The number of rotatable bonds is 7. The summed E-state index contributed by atoms with van der Waals surface area (Å²) in [7, 11) is 0. The van der Waals surface area contributed by atoms with Crippen LogP contribution in [0.5, 0.6) is 0 Å². The van der Waals surface area contributed by atoms with E-state index in [0.29, 0.717) is 0 Å². The molecule has 0 atom stereocenters. The third kappa shape index (κ3) is 5.32. The molecule has 0 radical (unpaired) electrons. The first-order chi connectivity index (χ1) is 11.4. The fourth-order valence-electron chi connectivity index (χ4n) is 2.63. The van der Waals surface area contributed by atoms with Gasteiger partial charge < -0.3 is 10.2 Å². The minimum atomic E-state index is 0. The molecule has 0 aliphatic carbocycles. The van der Waals surface area contributed by atoms with Crippen molar-refractivity contribution in [3.8, 4) is 0 Å². The predicted octanol–water partition coefficient (Wildman–Crippen LogP) is 5.23. The van der Waals surface area contributed by atoms with E-state index >= 15 is 0 Å². The number of halogens is 1. The van der Waals surface area contributed by atoms with Gasteiger partial charge in [-0.2, -0.15) is 0 Å². The van der Waals surface area contributed by atoms with Crippen LogP contribution >= 0.6 is 12.4 Å². The van der Waals surface area contributed by atoms with Crippen molar-refractivity contribution in [3.05, 3.63) is 96.6 Å². The van der Waals surface area contributed by atoms with Gasteiger partial charge in [0.05, 0.1) is 0 Å². The maximum Gasteiger partial charge on any atom is 0.0430 e. The highest BCUT2D eigenvalue weighted by atomic mass is 35.5. The Kier molecular flexibility index (Phi) is 7.19. The number of hydrogen-bond donors (Lipinski definition) is 1. The Labute approximate surface area is 150 Å². The van der Waals surface area contributed by atoms with Gasteiger partial charge in [0.2, 0.25) is 0 Å². The number of benzene rings is 3. The van der Waals surface area contributed by atoms with Crippen molar-refractivity contribution in [3.63, 3.8) is 0 Å². The molecule has 0 fully saturated rings. The number of nitrogens with zero attached hydrogens (tertiary/aromatic N) is 1. The van der Waals surface area contributed by atoms with Gasteiger partial charge in [-0.15, -0.1) is 12.4 Å². The summed E-state index contributed by atoms with van der Waals surface area (Å²) in [5, 5.41) is 3.49. The summed E-state index contributed by atoms with van der Waals surface area (Å²) >= 11 is 0. The van der Waals surface area contributed by atoms with E-state index in [4.69, 9.17) is 0 Å². The Morgan fingerprint density at radius 1 is 0.667 bits per heavy atom. The van der Waals surface area contributed by atoms with Gasteiger partial charge in [0.1, 0.15) is 0 Å². The van der Waals surface area contributed by atoms with E-state index in [0.717, 1.165) is 19.6 Å². The molecular weight excluding hydrogens is 316 g/mol. The van der Waals surface area contributed by atoms with Crippen molar-refractivity contribution in [2.75, 3.05) is 23.3 Å². The van der Waals surface area contributed by atoms with Crippen LogP contribution in [-0.2, 0) is 6.54 Å². The van der Waals surface area contributed by atoms with Crippen molar-refractivity contribution in [1.29, 1.82) is 0 Å². The largest absolute Gasteiger partial charge is 0.383 e. The van der Waals surface area contributed by atoms with E-state index in [9.17, 15) is 0 Å². The summed E-state index contributed by atoms with van der Waals surface area (Å²) in [5.41, 5.74) is 3.75. The Morgan fingerprint density at radius 2 is 1.21 bits per heavy atom. The van der Waals surface area contributed by atoms with Crippen LogP contribution < -0.4 is 10.2 Å². The molecule has 0 aromatic heterocycles. The number of nitrogens with one attached hydrogen (secondary N) is 1. The Bertz CT molecular complexity index is 687. The first-order valence-electron chi connectivity index (χ1n) is 8.05. The third-order valence-electron chi connectivity index (χ3n) is 3.82. The van der Waals surface area contributed by atoms with Crippen molar-refractivity contribution in [2.24, 2.45) is 0 Å². The van der Waals surface area contributed by atoms with Crippen LogP contribution in [-0.4, -0.2) is 13.1 Å². The fraction of sp³-hybridized carbons (Fsp3) is 0.143. The second kappa shape index (κ2) is 9.64. The summed E-state index contributed by atoms with van der Waals surface area (Å²) in [5.74, 6) is 0. The summed E-state index contributed by atoms with van der Waals surface area (Å²) in [6.45, 7) is 2.78. The minimum absolute atomic E-state index is 0. The molecule has 3 rings (SSSR count). The monoisotopic (exact) mass is 338 g/mol. The van der Waals surface area contributed by atoms with Gasteiger partial charge in [-0.3, -0.25) is 0 Å². The fourth-order valence-corrected chi connectivity index (χ4v) is 2.63. The van der Waals surface area contributed by atoms with E-state index in [1.165, 1.54) is 16.9 Å². The van der Waals surface area contributed by atoms with Gasteiger partial charge in [-0.1, -0.05) is 66.7 Å². The average Bonchev–Trinajstić information content (AvgIpc) is 2.63. The Hall–Kier alpha value is -2.45. The van der Waals surface area contributed by atoms with Gasteiger partial charge >= 0.3 is 0 Å². The first-order valence-corrected chi connectivity index (χ1v) is 8.05. The minimum Gasteiger partial charge on any atom is -0.383 e. The molecule has 0 aliphatic rings. The zero-order chi connectivity index (χ0) is 15.7. The lowest BCUT2D eigenvalue weighted by molar-refractivity contribution is 0.806. The molecule has 0 unspecified atom stereocenters. The Morgan fingerprint density at radius 3 is 1.83 bits per heavy atom. The molecule has 124 valence electrons. The zero-order valence-corrected chi connectivity index (χ0v) is 14.5. The van der Waals surface area contributed by atoms with E-state index in [2.05, 4.69) is 95.1 Å². The van der Waals surface area contributed by atoms with Gasteiger partial charge in [0.25, 0.3) is 0 Å². The van der Waals surface area contributed by atoms with Crippen molar-refractivity contribution < 1.29 is 0 Å². The maximum atomic E-state index is 3.49. The highest BCUT2D eigenvalue weighted by molar-refractivity contribution is 5.85. The molecule has 0 spiro atoms. The van der Waals surface area contributed by atoms with Crippen LogP contribution in [0.2, 0.25) is 0 Å². The molecule has 3 heteroatoms. The van der Waals surface area contributed by atoms with Crippen LogP contribution in [0.3, 0.4) is 0 Å². The van der Waals surface area contributed by atoms with Crippen LogP contribution in [0.15, 0.2) is 91.0 Å². The summed E-state index contributed by atoms with van der Waals surface area (Å²) in [6, 6.07) is 31.6. The average molecular weight is 339 g/mol. The lowest BCUT2D eigenvalue weighted by Gasteiger charge is -2.25. The van der Waals surface area contributed by atoms with Crippen LogP contribution in [0.1, 0.15) is 5.56 Å². The van der Waals surface area contributed by atoms with Crippen LogP contribution in [0.4, 0.5) is 11.4 Å². The van der Waals surface area contributed by atoms with Crippen LogP contribution in [0, 0.1) is 0 Å². The molecule has 0 amide bonds. The first kappa shape index (κ1) is 17.9. The Balaban J connectivity index is 0.00000208. The van der Waals surface area contributed by atoms with Crippen molar-refractivity contribution in [1.82, 2.24) is 0 Å². The molecule has 2 nitrogen and oxygen atoms in total. The second-order valence-electron chi connectivity index (χ2n) is 5.54. The van der Waals surface area contributed by atoms with E-state index < -0.39 is 0 Å². The molecule has 0 heterocycles. The summed E-state index contributed by atoms with van der Waals surface area (Å²) in [4.78, 5) is 2.41. The lowest BCUT2D eigenvalue weighted by atomic mass is 10.2.